The van der Waals surface area contributed by atoms with Crippen LogP contribution in [0.2, 0.25) is 0 Å². The molecule has 0 fully saturated rings. The minimum absolute atomic E-state index is 0.412. The number of allylic oxidation sites excluding steroid dienone is 1. The van der Waals surface area contributed by atoms with Gasteiger partial charge in [0.25, 0.3) is 0 Å². The van der Waals surface area contributed by atoms with E-state index in [9.17, 15) is 0 Å². The van der Waals surface area contributed by atoms with E-state index in [0.29, 0.717) is 11.3 Å². The van der Waals surface area contributed by atoms with Gasteiger partial charge in [-0.2, -0.15) is 0 Å². The van der Waals surface area contributed by atoms with Gasteiger partial charge in [0.2, 0.25) is 0 Å². The Hall–Kier alpha value is -0.260. The maximum absolute atomic E-state index is 5.35. The van der Waals surface area contributed by atoms with Crippen molar-refractivity contribution >= 4 is 0 Å². The van der Waals surface area contributed by atoms with Gasteiger partial charge in [0, 0.05) is 0 Å². The van der Waals surface area contributed by atoms with Crippen molar-refractivity contribution in [1.82, 2.24) is 0 Å². The van der Waals surface area contributed by atoms with Crippen LogP contribution >= 0.6 is 0 Å². The van der Waals surface area contributed by atoms with Crippen LogP contribution in [-0.2, 0) is 0 Å². The molecule has 0 aliphatic heterocycles. The second-order valence-corrected chi connectivity index (χ2v) is 3.93. The summed E-state index contributed by atoms with van der Waals surface area (Å²) < 4.78 is 0. The molecule has 1 radical (unpaired) electrons. The fourth-order valence-corrected chi connectivity index (χ4v) is 1.03. The van der Waals surface area contributed by atoms with Crippen molar-refractivity contribution in [2.75, 3.05) is 0 Å². The highest BCUT2D eigenvalue weighted by atomic mass is 14.2. The first-order valence-electron chi connectivity index (χ1n) is 3.51. The van der Waals surface area contributed by atoms with Gasteiger partial charge in [-0.3, -0.25) is 0 Å². The van der Waals surface area contributed by atoms with E-state index in [1.807, 2.05) is 0 Å². The average Bonchev–Trinajstić information content (AvgIpc) is 1.62. The molecule has 0 spiro atoms. The third kappa shape index (κ3) is 5.61. The lowest BCUT2D eigenvalue weighted by Gasteiger charge is -2.20. The molecule has 0 heteroatoms. The molecule has 0 nitrogen and oxygen atoms in total. The standard InChI is InChI=1S/C9H17/c1-6-8(2)7-9(3,4)5/h1,6,8H,7H2,2-5H3. The summed E-state index contributed by atoms with van der Waals surface area (Å²) in [4.78, 5) is 0. The predicted molar refractivity (Wildman–Crippen MR) is 42.1 cm³/mol. The molecule has 0 aliphatic carbocycles. The topological polar surface area (TPSA) is 0 Å². The molecule has 0 saturated heterocycles. The Morgan fingerprint density at radius 1 is 1.44 bits per heavy atom. The van der Waals surface area contributed by atoms with Gasteiger partial charge in [-0.05, 0) is 17.8 Å². The quantitative estimate of drug-likeness (QED) is 0.532. The second-order valence-electron chi connectivity index (χ2n) is 3.93. The molecule has 0 amide bonds. The Labute approximate surface area is 59.0 Å². The fraction of sp³-hybridized carbons (Fsp3) is 0.778. The van der Waals surface area contributed by atoms with Gasteiger partial charge in [0.15, 0.2) is 0 Å². The van der Waals surface area contributed by atoms with Crippen LogP contribution in [0.15, 0.2) is 6.08 Å². The summed E-state index contributed by atoms with van der Waals surface area (Å²) in [5, 5.41) is 0. The molecule has 0 rings (SSSR count). The van der Waals surface area contributed by atoms with E-state index < -0.39 is 0 Å². The van der Waals surface area contributed by atoms with Crippen molar-refractivity contribution in [2.45, 2.75) is 34.1 Å². The molecule has 0 N–H and O–H groups in total. The van der Waals surface area contributed by atoms with Crippen molar-refractivity contribution < 1.29 is 0 Å². The highest BCUT2D eigenvalue weighted by Crippen LogP contribution is 2.24. The summed E-state index contributed by atoms with van der Waals surface area (Å²) in [6.45, 7) is 14.2. The van der Waals surface area contributed by atoms with Crippen LogP contribution in [0.5, 0.6) is 0 Å². The van der Waals surface area contributed by atoms with Gasteiger partial charge in [-0.25, -0.2) is 0 Å². The van der Waals surface area contributed by atoms with Gasteiger partial charge in [0.1, 0.15) is 0 Å². The number of rotatable bonds is 2. The van der Waals surface area contributed by atoms with Crippen LogP contribution in [0.4, 0.5) is 0 Å². The third-order valence-electron chi connectivity index (χ3n) is 1.26. The normalized spacial score (nSPS) is 15.1. The fourth-order valence-electron chi connectivity index (χ4n) is 1.03. The molecule has 9 heavy (non-hydrogen) atoms. The van der Waals surface area contributed by atoms with Crippen molar-refractivity contribution in [3.63, 3.8) is 0 Å². The Morgan fingerprint density at radius 2 is 1.89 bits per heavy atom. The van der Waals surface area contributed by atoms with Crippen LogP contribution in [0.1, 0.15) is 34.1 Å². The molecular weight excluding hydrogens is 108 g/mol. The summed E-state index contributed by atoms with van der Waals surface area (Å²) in [5.41, 5.74) is 0.412. The summed E-state index contributed by atoms with van der Waals surface area (Å²) in [7, 11) is 0. The van der Waals surface area contributed by atoms with E-state index in [1.165, 1.54) is 6.42 Å². The molecule has 53 valence electrons. The zero-order valence-corrected chi connectivity index (χ0v) is 6.94. The van der Waals surface area contributed by atoms with Gasteiger partial charge >= 0.3 is 0 Å². The van der Waals surface area contributed by atoms with Crippen LogP contribution in [0.3, 0.4) is 0 Å². The Kier molecular flexibility index (Phi) is 2.96. The minimum Gasteiger partial charge on any atom is -0.0817 e. The van der Waals surface area contributed by atoms with E-state index in [4.69, 9.17) is 6.58 Å². The molecule has 0 aromatic carbocycles. The maximum atomic E-state index is 5.35. The third-order valence-corrected chi connectivity index (χ3v) is 1.26. The first kappa shape index (κ1) is 8.74. The second kappa shape index (κ2) is 3.05. The minimum atomic E-state index is 0.412. The van der Waals surface area contributed by atoms with Gasteiger partial charge in [0.05, 0.1) is 0 Å². The summed E-state index contributed by atoms with van der Waals surface area (Å²) >= 11 is 0. The first-order valence-corrected chi connectivity index (χ1v) is 3.51. The molecule has 0 aromatic heterocycles. The van der Waals surface area contributed by atoms with Gasteiger partial charge in [-0.1, -0.05) is 40.3 Å². The summed E-state index contributed by atoms with van der Waals surface area (Å²) in [6, 6.07) is 0. The molecule has 1 unspecified atom stereocenters. The predicted octanol–water partition coefficient (Wildman–Crippen LogP) is 3.05. The lowest BCUT2D eigenvalue weighted by atomic mass is 9.86. The summed E-state index contributed by atoms with van der Waals surface area (Å²) in [6.07, 6.45) is 2.94. The first-order chi connectivity index (χ1) is 3.95. The van der Waals surface area contributed by atoms with Crippen molar-refractivity contribution in [1.29, 1.82) is 0 Å². The van der Waals surface area contributed by atoms with Crippen LogP contribution in [-0.4, -0.2) is 0 Å². The van der Waals surface area contributed by atoms with Crippen molar-refractivity contribution in [3.05, 3.63) is 12.7 Å². The smallest absolute Gasteiger partial charge is 0.0254 e. The lowest BCUT2D eigenvalue weighted by molar-refractivity contribution is 0.337. The molecule has 0 heterocycles. The Morgan fingerprint density at radius 3 is 2.00 bits per heavy atom. The van der Waals surface area contributed by atoms with Crippen molar-refractivity contribution in [2.24, 2.45) is 11.3 Å². The molecule has 0 bridgehead atoms. The monoisotopic (exact) mass is 125 g/mol. The highest BCUT2D eigenvalue weighted by Gasteiger charge is 2.12. The van der Waals surface area contributed by atoms with Gasteiger partial charge in [-0.15, -0.1) is 0 Å². The van der Waals surface area contributed by atoms with Crippen LogP contribution in [0, 0.1) is 17.9 Å². The van der Waals surface area contributed by atoms with E-state index in [1.54, 1.807) is 6.08 Å². The van der Waals surface area contributed by atoms with E-state index in [0.717, 1.165) is 0 Å². The zero-order valence-electron chi connectivity index (χ0n) is 6.94. The van der Waals surface area contributed by atoms with Crippen LogP contribution < -0.4 is 0 Å². The molecule has 0 aromatic rings. The maximum Gasteiger partial charge on any atom is -0.0254 e. The lowest BCUT2D eigenvalue weighted by Crippen LogP contribution is -2.08. The average molecular weight is 125 g/mol. The van der Waals surface area contributed by atoms with Crippen molar-refractivity contribution in [3.8, 4) is 0 Å². The molecule has 1 atom stereocenters. The molecule has 0 aliphatic rings. The number of hydrogen-bond donors (Lipinski definition) is 0. The number of hydrogen-bond acceptors (Lipinski definition) is 0. The van der Waals surface area contributed by atoms with Crippen LogP contribution in [0.25, 0.3) is 0 Å². The molecule has 0 saturated carbocycles. The Bertz CT molecular complexity index is 84.7. The Balaban J connectivity index is 3.59. The largest absolute Gasteiger partial charge is 0.0817 e. The van der Waals surface area contributed by atoms with E-state index in [-0.39, 0.29) is 0 Å². The molecular formula is C9H17. The SMILES string of the molecule is [CH]=CC(C)CC(C)(C)C. The highest BCUT2D eigenvalue weighted by molar-refractivity contribution is 4.77. The summed E-state index contributed by atoms with van der Waals surface area (Å²) in [5.74, 6) is 0.546. The van der Waals surface area contributed by atoms with Gasteiger partial charge < -0.3 is 0 Å². The van der Waals surface area contributed by atoms with E-state index in [2.05, 4.69) is 27.7 Å². The zero-order chi connectivity index (χ0) is 7.49. The van der Waals surface area contributed by atoms with E-state index >= 15 is 0 Å².